The Morgan fingerprint density at radius 3 is 2.94 bits per heavy atom. The Hall–Kier alpha value is -1.89. The van der Waals surface area contributed by atoms with Gasteiger partial charge in [0.25, 0.3) is 0 Å². The van der Waals surface area contributed by atoms with Crippen molar-refractivity contribution in [1.82, 2.24) is 9.71 Å². The Balaban J connectivity index is 2.89. The van der Waals surface area contributed by atoms with Crippen molar-refractivity contribution in [1.29, 1.82) is 5.26 Å². The molecule has 0 saturated carbocycles. The topological polar surface area (TPSA) is 82.8 Å². The molecule has 1 heterocycles. The summed E-state index contributed by atoms with van der Waals surface area (Å²) in [7, 11) is -3.69. The van der Waals surface area contributed by atoms with Crippen molar-refractivity contribution in [3.8, 4) is 17.9 Å². The second kappa shape index (κ2) is 6.00. The van der Waals surface area contributed by atoms with Gasteiger partial charge in [-0.15, -0.1) is 11.8 Å². The predicted molar refractivity (Wildman–Crippen MR) is 62.2 cm³/mol. The van der Waals surface area contributed by atoms with Gasteiger partial charge in [0.1, 0.15) is 11.0 Å². The van der Waals surface area contributed by atoms with Gasteiger partial charge in [0.2, 0.25) is 10.0 Å². The Labute approximate surface area is 101 Å². The van der Waals surface area contributed by atoms with E-state index in [0.717, 1.165) is 0 Å². The van der Waals surface area contributed by atoms with Crippen molar-refractivity contribution in [2.24, 2.45) is 0 Å². The van der Waals surface area contributed by atoms with Crippen LogP contribution in [0.25, 0.3) is 0 Å². The van der Waals surface area contributed by atoms with Gasteiger partial charge in [-0.3, -0.25) is 0 Å². The van der Waals surface area contributed by atoms with Crippen molar-refractivity contribution < 1.29 is 8.42 Å². The van der Waals surface area contributed by atoms with E-state index in [0.29, 0.717) is 6.42 Å². The summed E-state index contributed by atoms with van der Waals surface area (Å²) < 4.78 is 26.0. The number of nitriles is 1. The number of nitrogens with one attached hydrogen (secondary N) is 1. The van der Waals surface area contributed by atoms with Crippen LogP contribution in [0, 0.1) is 23.2 Å². The fraction of sp³-hybridized carbons (Fsp3) is 0.273. The highest BCUT2D eigenvalue weighted by Crippen LogP contribution is 2.11. The number of pyridine rings is 1. The third-order valence-electron chi connectivity index (χ3n) is 1.88. The van der Waals surface area contributed by atoms with Crippen LogP contribution in [0.2, 0.25) is 0 Å². The molecule has 0 aliphatic rings. The van der Waals surface area contributed by atoms with Crippen LogP contribution in [0.5, 0.6) is 0 Å². The molecular weight excluding hydrogens is 238 g/mol. The van der Waals surface area contributed by atoms with E-state index in [1.807, 2.05) is 0 Å². The second-order valence-electron chi connectivity index (χ2n) is 3.04. The van der Waals surface area contributed by atoms with Crippen LogP contribution in [0.15, 0.2) is 23.2 Å². The molecule has 0 aliphatic heterocycles. The molecule has 0 aromatic carbocycles. The van der Waals surface area contributed by atoms with E-state index in [1.165, 1.54) is 18.3 Å². The van der Waals surface area contributed by atoms with Crippen molar-refractivity contribution in [2.45, 2.75) is 18.2 Å². The molecule has 17 heavy (non-hydrogen) atoms. The number of rotatable bonds is 4. The molecule has 0 unspecified atom stereocenters. The van der Waals surface area contributed by atoms with Crippen LogP contribution in [-0.2, 0) is 10.0 Å². The molecule has 5 nitrogen and oxygen atoms in total. The Bertz CT molecular complexity index is 591. The standard InChI is InChI=1S/C11H11N3O2S/c1-2-3-4-8-14-17(15,16)11-6-5-7-13-10(11)9-12/h5-7,14H,4,8H2,1H3. The first-order chi connectivity index (χ1) is 8.11. The average molecular weight is 249 g/mol. The first kappa shape index (κ1) is 13.2. The first-order valence-electron chi connectivity index (χ1n) is 4.86. The lowest BCUT2D eigenvalue weighted by molar-refractivity contribution is 0.581. The summed E-state index contributed by atoms with van der Waals surface area (Å²) in [5.41, 5.74) is -0.110. The van der Waals surface area contributed by atoms with Crippen LogP contribution < -0.4 is 4.72 Å². The van der Waals surface area contributed by atoms with Crippen LogP contribution in [0.3, 0.4) is 0 Å². The molecule has 0 aliphatic carbocycles. The van der Waals surface area contributed by atoms with Crippen molar-refractivity contribution in [3.63, 3.8) is 0 Å². The maximum Gasteiger partial charge on any atom is 0.243 e. The number of nitrogens with zero attached hydrogens (tertiary/aromatic N) is 2. The summed E-state index contributed by atoms with van der Waals surface area (Å²) in [4.78, 5) is 3.59. The summed E-state index contributed by atoms with van der Waals surface area (Å²) in [5, 5.41) is 8.76. The Morgan fingerprint density at radius 1 is 1.53 bits per heavy atom. The van der Waals surface area contributed by atoms with E-state index in [9.17, 15) is 8.42 Å². The lowest BCUT2D eigenvalue weighted by Gasteiger charge is -2.05. The molecule has 0 saturated heterocycles. The van der Waals surface area contributed by atoms with Crippen molar-refractivity contribution >= 4 is 10.0 Å². The fourth-order valence-corrected chi connectivity index (χ4v) is 2.28. The van der Waals surface area contributed by atoms with E-state index in [1.54, 1.807) is 13.0 Å². The highest BCUT2D eigenvalue weighted by molar-refractivity contribution is 7.89. The molecule has 1 aromatic heterocycles. The summed E-state index contributed by atoms with van der Waals surface area (Å²) in [5.74, 6) is 5.41. The monoisotopic (exact) mass is 249 g/mol. The Kier molecular flexibility index (Phi) is 4.65. The third kappa shape index (κ3) is 3.56. The van der Waals surface area contributed by atoms with Gasteiger partial charge in [0, 0.05) is 19.2 Å². The summed E-state index contributed by atoms with van der Waals surface area (Å²) in [6, 6.07) is 4.57. The number of aromatic nitrogens is 1. The van der Waals surface area contributed by atoms with Gasteiger partial charge < -0.3 is 0 Å². The highest BCUT2D eigenvalue weighted by atomic mass is 32.2. The van der Waals surface area contributed by atoms with Crippen LogP contribution in [0.1, 0.15) is 19.0 Å². The lowest BCUT2D eigenvalue weighted by atomic mass is 10.4. The molecule has 0 fully saturated rings. The van der Waals surface area contributed by atoms with Crippen LogP contribution >= 0.6 is 0 Å². The molecule has 0 amide bonds. The van der Waals surface area contributed by atoms with Crippen molar-refractivity contribution in [3.05, 3.63) is 24.0 Å². The fourth-order valence-electron chi connectivity index (χ4n) is 1.14. The molecule has 0 bridgehead atoms. The number of sulfonamides is 1. The molecule has 88 valence electrons. The first-order valence-corrected chi connectivity index (χ1v) is 6.34. The minimum absolute atomic E-state index is 0.105. The van der Waals surface area contributed by atoms with E-state index in [-0.39, 0.29) is 17.1 Å². The average Bonchev–Trinajstić information content (AvgIpc) is 2.34. The second-order valence-corrected chi connectivity index (χ2v) is 4.77. The van der Waals surface area contributed by atoms with E-state index >= 15 is 0 Å². The SMILES string of the molecule is CC#CCCNS(=O)(=O)c1cccnc1C#N. The minimum Gasteiger partial charge on any atom is -0.244 e. The summed E-state index contributed by atoms with van der Waals surface area (Å²) in [6.45, 7) is 1.90. The highest BCUT2D eigenvalue weighted by Gasteiger charge is 2.18. The normalized spacial score (nSPS) is 10.1. The van der Waals surface area contributed by atoms with Crippen molar-refractivity contribution in [2.75, 3.05) is 6.54 Å². The lowest BCUT2D eigenvalue weighted by Crippen LogP contribution is -2.25. The van der Waals surface area contributed by atoms with Gasteiger partial charge >= 0.3 is 0 Å². The van der Waals surface area contributed by atoms with Crippen LogP contribution in [0.4, 0.5) is 0 Å². The molecule has 1 aromatic rings. The maximum absolute atomic E-state index is 11.8. The van der Waals surface area contributed by atoms with E-state index in [2.05, 4.69) is 21.5 Å². The third-order valence-corrected chi connectivity index (χ3v) is 3.38. The van der Waals surface area contributed by atoms with Crippen LogP contribution in [-0.4, -0.2) is 19.9 Å². The molecule has 6 heteroatoms. The molecule has 1 rings (SSSR count). The molecule has 0 atom stereocenters. The molecular formula is C11H11N3O2S. The van der Waals surface area contributed by atoms with E-state index in [4.69, 9.17) is 5.26 Å². The van der Waals surface area contributed by atoms with Gasteiger partial charge in [-0.1, -0.05) is 0 Å². The maximum atomic E-state index is 11.8. The minimum atomic E-state index is -3.69. The van der Waals surface area contributed by atoms with E-state index < -0.39 is 10.0 Å². The largest absolute Gasteiger partial charge is 0.244 e. The zero-order chi connectivity index (χ0) is 12.7. The van der Waals surface area contributed by atoms with Gasteiger partial charge in [-0.05, 0) is 19.1 Å². The van der Waals surface area contributed by atoms with Gasteiger partial charge in [-0.2, -0.15) is 5.26 Å². The molecule has 0 spiro atoms. The predicted octanol–water partition coefficient (Wildman–Crippen LogP) is 0.645. The Morgan fingerprint density at radius 2 is 2.29 bits per heavy atom. The number of hydrogen-bond donors (Lipinski definition) is 1. The van der Waals surface area contributed by atoms with Gasteiger partial charge in [0.15, 0.2) is 5.69 Å². The number of hydrogen-bond acceptors (Lipinski definition) is 4. The van der Waals surface area contributed by atoms with Gasteiger partial charge in [0.05, 0.1) is 0 Å². The zero-order valence-corrected chi connectivity index (χ0v) is 10.1. The zero-order valence-electron chi connectivity index (χ0n) is 9.27. The quantitative estimate of drug-likeness (QED) is 0.627. The van der Waals surface area contributed by atoms with Gasteiger partial charge in [-0.25, -0.2) is 18.1 Å². The summed E-state index contributed by atoms with van der Waals surface area (Å²) >= 11 is 0. The molecule has 0 radical (unpaired) electrons. The smallest absolute Gasteiger partial charge is 0.243 e. The molecule has 1 N–H and O–H groups in total. The summed E-state index contributed by atoms with van der Waals surface area (Å²) in [6.07, 6.45) is 1.80.